The van der Waals surface area contributed by atoms with Crippen LogP contribution in [0.5, 0.6) is 0 Å². The third kappa shape index (κ3) is 3.32. The predicted octanol–water partition coefficient (Wildman–Crippen LogP) is 3.52. The van der Waals surface area contributed by atoms with Gasteiger partial charge >= 0.3 is 0 Å². The Kier molecular flexibility index (Phi) is 4.25. The Balaban J connectivity index is 0.00000144. The minimum absolute atomic E-state index is 0. The molecule has 81 valence electrons. The van der Waals surface area contributed by atoms with E-state index in [1.807, 2.05) is 6.21 Å². The van der Waals surface area contributed by atoms with Gasteiger partial charge in [-0.05, 0) is 12.1 Å². The standard InChI is InChI=1S/C10H13IN.Lr/c1-7(2)10-5-8(3)4-9(11)6-12-10;/h4-7H,1-3H3;/q-1;. The van der Waals surface area contributed by atoms with E-state index in [4.69, 9.17) is 0 Å². The van der Waals surface area contributed by atoms with Crippen molar-refractivity contribution in [3.8, 4) is 0 Å². The second-order valence-electron chi connectivity index (χ2n) is 3.26. The van der Waals surface area contributed by atoms with Crippen LogP contribution in [0.25, 0.3) is 0 Å². The molecule has 0 atom stereocenters. The summed E-state index contributed by atoms with van der Waals surface area (Å²) in [5, 5.41) is 0. The average Bonchev–Trinajstić information content (AvgIpc) is 2.11. The van der Waals surface area contributed by atoms with Gasteiger partial charge in [-0.1, -0.05) is 30.0 Å². The predicted molar refractivity (Wildman–Crippen MR) is 62.4 cm³/mol. The van der Waals surface area contributed by atoms with E-state index in [1.54, 1.807) is 0 Å². The summed E-state index contributed by atoms with van der Waals surface area (Å²) in [6.07, 6.45) is 6.20. The minimum atomic E-state index is 0. The number of allylic oxidation sites excluding steroid dienone is 4. The van der Waals surface area contributed by atoms with Gasteiger partial charge in [-0.3, -0.25) is 0 Å². The molecule has 0 aromatic rings. The van der Waals surface area contributed by atoms with Crippen molar-refractivity contribution in [2.24, 2.45) is 10.9 Å². The molecule has 1 radical (unpaired) electrons. The summed E-state index contributed by atoms with van der Waals surface area (Å²) in [5.74, 6) is 1.78. The summed E-state index contributed by atoms with van der Waals surface area (Å²) < 4.78 is 1.19. The molecular weight excluding hydrogens is 523 g/mol. The van der Waals surface area contributed by atoms with Gasteiger partial charge in [-0.25, -0.2) is 0 Å². The van der Waals surface area contributed by atoms with Gasteiger partial charge in [0.05, 0.1) is 0 Å². The van der Waals surface area contributed by atoms with Crippen LogP contribution in [0.1, 0.15) is 20.8 Å². The molecule has 0 saturated heterocycles. The zero-order valence-electron chi connectivity index (χ0n) is 7.89. The van der Waals surface area contributed by atoms with Crippen molar-refractivity contribution in [2.45, 2.75) is 20.8 Å². The van der Waals surface area contributed by atoms with Gasteiger partial charge in [0.25, 0.3) is 0 Å². The van der Waals surface area contributed by atoms with E-state index in [0.717, 1.165) is 5.70 Å². The first kappa shape index (κ1) is 11.8. The topological polar surface area (TPSA) is 12.4 Å². The van der Waals surface area contributed by atoms with Gasteiger partial charge < -0.3 is 4.99 Å². The van der Waals surface area contributed by atoms with Crippen molar-refractivity contribution in [1.82, 2.24) is 0 Å². The molecule has 0 N–H and O–H groups in total. The van der Waals surface area contributed by atoms with Crippen molar-refractivity contribution < 1.29 is 0 Å². The fourth-order valence-electron chi connectivity index (χ4n) is 1.02. The van der Waals surface area contributed by atoms with Crippen LogP contribution < -0.4 is 0 Å². The first-order chi connectivity index (χ1) is 5.59. The zero-order chi connectivity index (χ0) is 9.14. The Morgan fingerprint density at radius 3 is 2.54 bits per heavy atom. The van der Waals surface area contributed by atoms with Gasteiger partial charge in [-0.15, -0.1) is 28.7 Å². The maximum absolute atomic E-state index is 4.39. The largest absolute Gasteiger partial charge is 0.336 e. The molecule has 0 saturated carbocycles. The second kappa shape index (κ2) is 4.70. The molecule has 0 aromatic heterocycles. The Morgan fingerprint density at radius 2 is 2.00 bits per heavy atom. The molecule has 0 bridgehead atoms. The first-order valence-corrected chi connectivity index (χ1v) is 5.14. The molecule has 0 spiro atoms. The molecule has 0 fully saturated rings. The molecule has 0 amide bonds. The summed E-state index contributed by atoms with van der Waals surface area (Å²) in [6.45, 7) is 6.43. The molecule has 1 aliphatic heterocycles. The summed E-state index contributed by atoms with van der Waals surface area (Å²) in [5.41, 5.74) is 1.16. The molecule has 13 heavy (non-hydrogen) atoms. The van der Waals surface area contributed by atoms with Crippen LogP contribution in [0.2, 0.25) is 0 Å². The molecule has 3 heteroatoms. The number of halogens is 1. The summed E-state index contributed by atoms with van der Waals surface area (Å²) >= 11 is 2.29. The molecule has 1 aliphatic rings. The minimum Gasteiger partial charge on any atom is -0.336 e. The quantitative estimate of drug-likeness (QED) is 0.360. The number of hydrogen-bond donors (Lipinski definition) is 0. The van der Waals surface area contributed by atoms with Crippen LogP contribution >= 0.6 is 22.6 Å². The molecular formula is C10H13ILrN-. The third-order valence-corrected chi connectivity index (χ3v) is 2.26. The van der Waals surface area contributed by atoms with E-state index in [1.165, 1.54) is 9.50 Å². The number of aliphatic imine (C=N–C) groups is 1. The van der Waals surface area contributed by atoms with Crippen LogP contribution in [-0.4, -0.2) is 6.21 Å². The van der Waals surface area contributed by atoms with Gasteiger partial charge in [0, 0.05) is 0 Å². The molecule has 0 aliphatic carbocycles. The van der Waals surface area contributed by atoms with Crippen LogP contribution in [0.15, 0.2) is 26.4 Å². The van der Waals surface area contributed by atoms with E-state index in [9.17, 15) is 0 Å². The van der Waals surface area contributed by atoms with Crippen LogP contribution in [0.4, 0.5) is 0 Å². The maximum Gasteiger partial charge on any atom is 0 e. The average molecular weight is 536 g/mol. The van der Waals surface area contributed by atoms with Gasteiger partial charge in [-0.2, -0.15) is 12.0 Å². The van der Waals surface area contributed by atoms with Gasteiger partial charge in [0.2, 0.25) is 0 Å². The Hall–Kier alpha value is -1.25. The third-order valence-electron chi connectivity index (χ3n) is 1.67. The fourth-order valence-corrected chi connectivity index (χ4v) is 1.65. The monoisotopic (exact) mass is 536 g/mol. The molecule has 1 heterocycles. The van der Waals surface area contributed by atoms with E-state index in [-0.39, 0.29) is 0 Å². The van der Waals surface area contributed by atoms with Crippen molar-refractivity contribution in [1.29, 1.82) is 0 Å². The van der Waals surface area contributed by atoms with E-state index < -0.39 is 0 Å². The SMILES string of the molecule is C[C-]1C=C(I)C=NC(C(C)C)=C1.[Lr]. The van der Waals surface area contributed by atoms with Crippen LogP contribution in [-0.2, 0) is 0 Å². The summed E-state index contributed by atoms with van der Waals surface area (Å²) in [6, 6.07) is 0. The van der Waals surface area contributed by atoms with E-state index in [2.05, 4.69) is 60.5 Å². The Bertz CT molecular complexity index is 254. The smallest absolute Gasteiger partial charge is 0 e. The number of hydrogen-bond acceptors (Lipinski definition) is 1. The Labute approximate surface area is 87.8 Å². The van der Waals surface area contributed by atoms with Crippen molar-refractivity contribution in [3.05, 3.63) is 27.3 Å². The number of rotatable bonds is 1. The van der Waals surface area contributed by atoms with Gasteiger partial charge in [0.15, 0.2) is 0 Å². The molecule has 1 nitrogen and oxygen atoms in total. The maximum atomic E-state index is 4.39. The molecule has 0 aromatic carbocycles. The van der Waals surface area contributed by atoms with E-state index in [0.29, 0.717) is 5.92 Å². The fraction of sp³-hybridized carbons (Fsp3) is 0.400. The van der Waals surface area contributed by atoms with Crippen molar-refractivity contribution in [3.63, 3.8) is 0 Å². The zero-order valence-corrected chi connectivity index (χ0v) is 12.2. The van der Waals surface area contributed by atoms with Crippen molar-refractivity contribution >= 4 is 28.8 Å². The van der Waals surface area contributed by atoms with Crippen LogP contribution in [0, 0.1) is 11.8 Å². The summed E-state index contributed by atoms with van der Waals surface area (Å²) in [4.78, 5) is 4.39. The normalized spacial score (nSPS) is 16.2. The molecule has 1 rings (SSSR count). The Morgan fingerprint density at radius 1 is 1.38 bits per heavy atom. The summed E-state index contributed by atoms with van der Waals surface area (Å²) in [7, 11) is 0. The van der Waals surface area contributed by atoms with Crippen molar-refractivity contribution in [2.75, 3.05) is 0 Å². The first-order valence-electron chi connectivity index (χ1n) is 4.06. The second-order valence-corrected chi connectivity index (χ2v) is 4.50. The molecule has 0 unspecified atom stereocenters. The van der Waals surface area contributed by atoms with E-state index >= 15 is 0 Å². The van der Waals surface area contributed by atoms with Crippen LogP contribution in [0.3, 0.4) is 0 Å². The van der Waals surface area contributed by atoms with Gasteiger partial charge in [0.1, 0.15) is 0 Å². The number of nitrogens with zero attached hydrogens (tertiary/aromatic N) is 1.